The second-order valence-electron chi connectivity index (χ2n) is 5.74. The van der Waals surface area contributed by atoms with E-state index in [4.69, 9.17) is 14.2 Å². The van der Waals surface area contributed by atoms with Crippen LogP contribution in [0.3, 0.4) is 0 Å². The molecule has 3 rings (SSSR count). The Labute approximate surface area is 166 Å². The number of benzene rings is 2. The number of methoxy groups -OCH3 is 2. The predicted molar refractivity (Wildman–Crippen MR) is 106 cm³/mol. The maximum absolute atomic E-state index is 13.0. The maximum Gasteiger partial charge on any atom is 0.331 e. The third kappa shape index (κ3) is 5.17. The predicted octanol–water partition coefficient (Wildman–Crippen LogP) is 4.72. The molecule has 0 unspecified atom stereocenters. The SMILES string of the molecule is COc1cc(/C=C/C(=O)OCc2csc(-c3ccc(F)cc3)n2)cc(OC)c1. The second kappa shape index (κ2) is 9.14. The lowest BCUT2D eigenvalue weighted by Gasteiger charge is -2.05. The van der Waals surface area contributed by atoms with E-state index in [2.05, 4.69) is 4.98 Å². The molecular formula is C21H18FNO4S. The zero-order valence-electron chi connectivity index (χ0n) is 15.3. The number of rotatable bonds is 7. The van der Waals surface area contributed by atoms with E-state index >= 15 is 0 Å². The van der Waals surface area contributed by atoms with Gasteiger partial charge in [0.05, 0.1) is 19.9 Å². The zero-order valence-corrected chi connectivity index (χ0v) is 16.2. The lowest BCUT2D eigenvalue weighted by molar-refractivity contribution is -0.139. The van der Waals surface area contributed by atoms with Gasteiger partial charge in [0.15, 0.2) is 0 Å². The van der Waals surface area contributed by atoms with Crippen LogP contribution < -0.4 is 9.47 Å². The third-order valence-electron chi connectivity index (χ3n) is 3.79. The zero-order chi connectivity index (χ0) is 19.9. The van der Waals surface area contributed by atoms with Gasteiger partial charge in [-0.2, -0.15) is 0 Å². The summed E-state index contributed by atoms with van der Waals surface area (Å²) in [5, 5.41) is 2.55. The molecular weight excluding hydrogens is 381 g/mol. The molecule has 0 aliphatic heterocycles. The Kier molecular flexibility index (Phi) is 6.39. The molecule has 1 aromatic heterocycles. The van der Waals surface area contributed by atoms with Crippen molar-refractivity contribution in [1.29, 1.82) is 0 Å². The van der Waals surface area contributed by atoms with Crippen LogP contribution in [0.15, 0.2) is 53.9 Å². The van der Waals surface area contributed by atoms with Crippen molar-refractivity contribution >= 4 is 23.4 Å². The first-order valence-corrected chi connectivity index (χ1v) is 9.23. The van der Waals surface area contributed by atoms with E-state index in [-0.39, 0.29) is 12.4 Å². The van der Waals surface area contributed by atoms with E-state index in [0.717, 1.165) is 16.1 Å². The molecule has 1 heterocycles. The van der Waals surface area contributed by atoms with Crippen molar-refractivity contribution in [2.75, 3.05) is 14.2 Å². The Balaban J connectivity index is 1.59. The average Bonchev–Trinajstić information content (AvgIpc) is 3.20. The molecule has 0 bridgehead atoms. The quantitative estimate of drug-likeness (QED) is 0.425. The van der Waals surface area contributed by atoms with E-state index in [1.807, 2.05) is 5.38 Å². The van der Waals surface area contributed by atoms with Crippen LogP contribution in [0.1, 0.15) is 11.3 Å². The van der Waals surface area contributed by atoms with Crippen molar-refractivity contribution in [3.05, 3.63) is 71.0 Å². The first-order chi connectivity index (χ1) is 13.6. The Morgan fingerprint density at radius 1 is 1.11 bits per heavy atom. The van der Waals surface area contributed by atoms with Crippen LogP contribution >= 0.6 is 11.3 Å². The standard InChI is InChI=1S/C21H18FNO4S/c1-25-18-9-14(10-19(11-18)26-2)3-8-20(24)27-12-17-13-28-21(23-17)15-4-6-16(22)7-5-15/h3-11,13H,12H2,1-2H3/b8-3+. The minimum Gasteiger partial charge on any atom is -0.497 e. The fourth-order valence-corrected chi connectivity index (χ4v) is 3.19. The van der Waals surface area contributed by atoms with Gasteiger partial charge in [-0.25, -0.2) is 14.2 Å². The molecule has 0 N–H and O–H groups in total. The number of halogens is 1. The summed E-state index contributed by atoms with van der Waals surface area (Å²) in [4.78, 5) is 16.4. The molecule has 0 spiro atoms. The van der Waals surface area contributed by atoms with E-state index in [1.54, 1.807) is 50.6 Å². The summed E-state index contributed by atoms with van der Waals surface area (Å²) in [5.74, 6) is 0.472. The highest BCUT2D eigenvalue weighted by Crippen LogP contribution is 2.25. The van der Waals surface area contributed by atoms with E-state index in [1.165, 1.54) is 29.5 Å². The van der Waals surface area contributed by atoms with Gasteiger partial charge in [0.25, 0.3) is 0 Å². The van der Waals surface area contributed by atoms with Crippen molar-refractivity contribution in [3.8, 4) is 22.1 Å². The molecule has 2 aromatic carbocycles. The average molecular weight is 399 g/mol. The number of esters is 1. The summed E-state index contributed by atoms with van der Waals surface area (Å²) in [6.45, 7) is 0.0578. The molecule has 0 saturated heterocycles. The van der Waals surface area contributed by atoms with Crippen LogP contribution in [0.2, 0.25) is 0 Å². The fourth-order valence-electron chi connectivity index (χ4n) is 2.38. The van der Waals surface area contributed by atoms with E-state index in [0.29, 0.717) is 17.2 Å². The van der Waals surface area contributed by atoms with Gasteiger partial charge < -0.3 is 14.2 Å². The smallest absolute Gasteiger partial charge is 0.331 e. The summed E-state index contributed by atoms with van der Waals surface area (Å²) < 4.78 is 28.6. The summed E-state index contributed by atoms with van der Waals surface area (Å²) >= 11 is 1.41. The van der Waals surface area contributed by atoms with Gasteiger partial charge in [-0.1, -0.05) is 0 Å². The molecule has 7 heteroatoms. The number of carbonyl (C=O) groups excluding carboxylic acids is 1. The van der Waals surface area contributed by atoms with Crippen molar-refractivity contribution in [3.63, 3.8) is 0 Å². The number of ether oxygens (including phenoxy) is 3. The van der Waals surface area contributed by atoms with Gasteiger partial charge in [0.2, 0.25) is 0 Å². The molecule has 28 heavy (non-hydrogen) atoms. The topological polar surface area (TPSA) is 57.7 Å². The van der Waals surface area contributed by atoms with Crippen molar-refractivity contribution in [1.82, 2.24) is 4.98 Å². The number of hydrogen-bond acceptors (Lipinski definition) is 6. The largest absolute Gasteiger partial charge is 0.497 e. The summed E-state index contributed by atoms with van der Waals surface area (Å²) in [6, 6.07) is 11.4. The van der Waals surface area contributed by atoms with Gasteiger partial charge >= 0.3 is 5.97 Å². The lowest BCUT2D eigenvalue weighted by atomic mass is 10.2. The number of nitrogens with zero attached hydrogens (tertiary/aromatic N) is 1. The molecule has 0 fully saturated rings. The van der Waals surface area contributed by atoms with Gasteiger partial charge in [-0.3, -0.25) is 0 Å². The first-order valence-electron chi connectivity index (χ1n) is 8.35. The highest BCUT2D eigenvalue weighted by molar-refractivity contribution is 7.13. The molecule has 0 amide bonds. The van der Waals surface area contributed by atoms with Gasteiger partial charge in [-0.05, 0) is 48.0 Å². The lowest BCUT2D eigenvalue weighted by Crippen LogP contribution is -2.01. The minimum absolute atomic E-state index is 0.0578. The maximum atomic E-state index is 13.0. The van der Waals surface area contributed by atoms with Gasteiger partial charge in [0, 0.05) is 23.1 Å². The van der Waals surface area contributed by atoms with Crippen LogP contribution in [0.5, 0.6) is 11.5 Å². The number of thiazole rings is 1. The molecule has 0 atom stereocenters. The van der Waals surface area contributed by atoms with Crippen LogP contribution in [0.25, 0.3) is 16.6 Å². The van der Waals surface area contributed by atoms with Crippen molar-refractivity contribution < 1.29 is 23.4 Å². The number of carbonyl (C=O) groups is 1. The first kappa shape index (κ1) is 19.6. The minimum atomic E-state index is -0.488. The van der Waals surface area contributed by atoms with Crippen LogP contribution in [0, 0.1) is 5.82 Å². The molecule has 0 aliphatic carbocycles. The van der Waals surface area contributed by atoms with Crippen molar-refractivity contribution in [2.24, 2.45) is 0 Å². The second-order valence-corrected chi connectivity index (χ2v) is 6.60. The number of hydrogen-bond donors (Lipinski definition) is 0. The highest BCUT2D eigenvalue weighted by atomic mass is 32.1. The van der Waals surface area contributed by atoms with Crippen LogP contribution in [-0.2, 0) is 16.1 Å². The molecule has 5 nitrogen and oxygen atoms in total. The molecule has 0 radical (unpaired) electrons. The molecule has 0 aliphatic rings. The third-order valence-corrected chi connectivity index (χ3v) is 4.73. The van der Waals surface area contributed by atoms with E-state index in [9.17, 15) is 9.18 Å². The molecule has 0 saturated carbocycles. The highest BCUT2D eigenvalue weighted by Gasteiger charge is 2.07. The molecule has 3 aromatic rings. The molecule has 144 valence electrons. The van der Waals surface area contributed by atoms with Gasteiger partial charge in [0.1, 0.15) is 28.9 Å². The van der Waals surface area contributed by atoms with Gasteiger partial charge in [-0.15, -0.1) is 11.3 Å². The summed E-state index contributed by atoms with van der Waals surface area (Å²) in [5.41, 5.74) is 2.20. The van der Waals surface area contributed by atoms with E-state index < -0.39 is 5.97 Å². The Morgan fingerprint density at radius 3 is 2.43 bits per heavy atom. The van der Waals surface area contributed by atoms with Crippen LogP contribution in [0.4, 0.5) is 4.39 Å². The van der Waals surface area contributed by atoms with Crippen LogP contribution in [-0.4, -0.2) is 25.2 Å². The van der Waals surface area contributed by atoms with Crippen molar-refractivity contribution in [2.45, 2.75) is 6.61 Å². The Bertz CT molecular complexity index is 960. The normalized spacial score (nSPS) is 10.8. The fraction of sp³-hybridized carbons (Fsp3) is 0.143. The Hall–Kier alpha value is -3.19. The monoisotopic (exact) mass is 399 g/mol. The summed E-state index contributed by atoms with van der Waals surface area (Å²) in [7, 11) is 3.12. The summed E-state index contributed by atoms with van der Waals surface area (Å²) in [6.07, 6.45) is 2.96. The Morgan fingerprint density at radius 2 is 1.79 bits per heavy atom. The number of aromatic nitrogens is 1.